The Kier molecular flexibility index (Phi) is 6.32. The van der Waals surface area contributed by atoms with E-state index < -0.39 is 0 Å². The first-order valence-electron chi connectivity index (χ1n) is 10.5. The van der Waals surface area contributed by atoms with Crippen molar-refractivity contribution >= 4 is 23.3 Å². The third kappa shape index (κ3) is 4.18. The number of ether oxygens (including phenoxy) is 1. The van der Waals surface area contributed by atoms with Crippen molar-refractivity contribution in [1.82, 2.24) is 19.8 Å². The van der Waals surface area contributed by atoms with Crippen LogP contribution in [0.3, 0.4) is 0 Å². The van der Waals surface area contributed by atoms with Gasteiger partial charge in [-0.3, -0.25) is 4.98 Å². The number of unbranched alkanes of at least 4 members (excludes halogenated alkanes) is 1. The number of aromatic nitrogens is 2. The average molecular weight is 435 g/mol. The number of thiocarbonyl (C=S) groups is 1. The molecule has 0 bridgehead atoms. The molecule has 160 valence electrons. The minimum atomic E-state index is -0.342. The van der Waals surface area contributed by atoms with Crippen LogP contribution in [0.4, 0.5) is 0 Å². The number of nitrogens with zero attached hydrogens (tertiary/aromatic N) is 3. The van der Waals surface area contributed by atoms with Crippen LogP contribution in [0, 0.1) is 0 Å². The molecule has 1 N–H and O–H groups in total. The monoisotopic (exact) mass is 434 g/mol. The van der Waals surface area contributed by atoms with E-state index in [1.807, 2.05) is 48.8 Å². The number of esters is 1. The van der Waals surface area contributed by atoms with Gasteiger partial charge in [-0.25, -0.2) is 4.79 Å². The van der Waals surface area contributed by atoms with Crippen LogP contribution >= 0.6 is 12.2 Å². The zero-order valence-corrected chi connectivity index (χ0v) is 18.5. The number of rotatable bonds is 7. The van der Waals surface area contributed by atoms with Crippen molar-refractivity contribution < 1.29 is 9.53 Å². The summed E-state index contributed by atoms with van der Waals surface area (Å²) in [6, 6.07) is 17.5. The summed E-state index contributed by atoms with van der Waals surface area (Å²) in [6.45, 7) is 3.06. The lowest BCUT2D eigenvalue weighted by atomic mass is 10.0. The number of methoxy groups -OCH3 is 1. The molecule has 0 spiro atoms. The molecule has 31 heavy (non-hydrogen) atoms. The van der Waals surface area contributed by atoms with Gasteiger partial charge >= 0.3 is 5.97 Å². The van der Waals surface area contributed by atoms with Gasteiger partial charge in [-0.2, -0.15) is 0 Å². The first-order valence-corrected chi connectivity index (χ1v) is 10.9. The fourth-order valence-corrected chi connectivity index (χ4v) is 4.37. The Hall–Kier alpha value is -3.19. The van der Waals surface area contributed by atoms with E-state index in [4.69, 9.17) is 17.0 Å². The summed E-state index contributed by atoms with van der Waals surface area (Å²) in [5.41, 5.74) is 3.58. The summed E-state index contributed by atoms with van der Waals surface area (Å²) < 4.78 is 6.97. The Labute approximate surface area is 187 Å². The first kappa shape index (κ1) is 21.1. The summed E-state index contributed by atoms with van der Waals surface area (Å²) >= 11 is 5.73. The Morgan fingerprint density at radius 2 is 1.97 bits per heavy atom. The maximum absolute atomic E-state index is 11.8. The number of nitrogens with one attached hydrogen (secondary N) is 1. The molecule has 1 saturated heterocycles. The van der Waals surface area contributed by atoms with E-state index in [9.17, 15) is 4.79 Å². The third-order valence-corrected chi connectivity index (χ3v) is 5.95. The zero-order valence-electron chi connectivity index (χ0n) is 17.7. The van der Waals surface area contributed by atoms with E-state index in [1.165, 1.54) is 7.11 Å². The van der Waals surface area contributed by atoms with Crippen LogP contribution in [0.2, 0.25) is 0 Å². The van der Waals surface area contributed by atoms with Crippen molar-refractivity contribution in [2.75, 3.05) is 13.7 Å². The standard InChI is InChI=1S/C24H26N4O2S/c1-3-4-15-28-22(21(26-24(28)31)19-8-5-6-14-25-19)20-9-7-16-27(20)18-12-10-17(11-13-18)23(29)30-2/h5-14,16,21-22H,3-4,15H2,1-2H3,(H,26,31)/t21-,22-/m1/s1. The van der Waals surface area contributed by atoms with Gasteiger partial charge in [0.15, 0.2) is 5.11 Å². The summed E-state index contributed by atoms with van der Waals surface area (Å²) in [6.07, 6.45) is 6.01. The Morgan fingerprint density at radius 3 is 2.65 bits per heavy atom. The van der Waals surface area contributed by atoms with Gasteiger partial charge in [0, 0.05) is 30.3 Å². The van der Waals surface area contributed by atoms with Crippen molar-refractivity contribution in [3.05, 3.63) is 83.9 Å². The highest BCUT2D eigenvalue weighted by molar-refractivity contribution is 7.80. The molecule has 6 nitrogen and oxygen atoms in total. The molecule has 4 rings (SSSR count). The summed E-state index contributed by atoms with van der Waals surface area (Å²) in [4.78, 5) is 18.7. The molecule has 7 heteroatoms. The number of hydrogen-bond donors (Lipinski definition) is 1. The molecule has 1 fully saturated rings. The van der Waals surface area contributed by atoms with Crippen LogP contribution in [-0.2, 0) is 4.74 Å². The molecule has 3 heterocycles. The molecule has 2 atom stereocenters. The van der Waals surface area contributed by atoms with Gasteiger partial charge in [0.2, 0.25) is 0 Å². The van der Waals surface area contributed by atoms with Crippen LogP contribution in [0.15, 0.2) is 67.0 Å². The first-order chi connectivity index (χ1) is 15.1. The second-order valence-electron chi connectivity index (χ2n) is 7.52. The number of benzene rings is 1. The van der Waals surface area contributed by atoms with Crippen molar-refractivity contribution in [1.29, 1.82) is 0 Å². The molecule has 1 aromatic carbocycles. The minimum absolute atomic E-state index is 0.00392. The van der Waals surface area contributed by atoms with Gasteiger partial charge in [0.1, 0.15) is 0 Å². The van der Waals surface area contributed by atoms with E-state index in [0.29, 0.717) is 5.56 Å². The predicted octanol–water partition coefficient (Wildman–Crippen LogP) is 4.43. The van der Waals surface area contributed by atoms with Gasteiger partial charge in [-0.1, -0.05) is 19.4 Å². The average Bonchev–Trinajstić information content (AvgIpc) is 3.42. The van der Waals surface area contributed by atoms with Gasteiger partial charge < -0.3 is 19.5 Å². The zero-order chi connectivity index (χ0) is 21.8. The van der Waals surface area contributed by atoms with Gasteiger partial charge in [-0.05, 0) is 67.2 Å². The normalized spacial score (nSPS) is 18.1. The molecule has 0 saturated carbocycles. The molecule has 0 aliphatic carbocycles. The Balaban J connectivity index is 1.74. The SMILES string of the molecule is CCCCN1C(=S)N[C@H](c2ccccn2)[C@H]1c1cccn1-c1ccc(C(=O)OC)cc1. The maximum atomic E-state index is 11.8. The van der Waals surface area contributed by atoms with Crippen molar-refractivity contribution in [3.8, 4) is 5.69 Å². The van der Waals surface area contributed by atoms with Crippen LogP contribution in [-0.4, -0.2) is 39.2 Å². The second-order valence-corrected chi connectivity index (χ2v) is 7.90. The lowest BCUT2D eigenvalue weighted by Gasteiger charge is -2.29. The second kappa shape index (κ2) is 9.31. The Bertz CT molecular complexity index is 1050. The number of hydrogen-bond acceptors (Lipinski definition) is 4. The van der Waals surface area contributed by atoms with Crippen molar-refractivity contribution in [2.24, 2.45) is 0 Å². The fourth-order valence-electron chi connectivity index (χ4n) is 4.04. The predicted molar refractivity (Wildman–Crippen MR) is 124 cm³/mol. The van der Waals surface area contributed by atoms with Gasteiger partial charge in [-0.15, -0.1) is 0 Å². The summed E-state index contributed by atoms with van der Waals surface area (Å²) in [5, 5.41) is 4.25. The highest BCUT2D eigenvalue weighted by Gasteiger charge is 2.40. The maximum Gasteiger partial charge on any atom is 0.337 e. The van der Waals surface area contributed by atoms with Gasteiger partial charge in [0.05, 0.1) is 30.5 Å². The minimum Gasteiger partial charge on any atom is -0.465 e. The van der Waals surface area contributed by atoms with E-state index in [0.717, 1.165) is 41.6 Å². The lowest BCUT2D eigenvalue weighted by Crippen LogP contribution is -2.31. The fraction of sp³-hybridized carbons (Fsp3) is 0.292. The molecule has 1 aliphatic rings. The van der Waals surface area contributed by atoms with Gasteiger partial charge in [0.25, 0.3) is 0 Å². The molecule has 0 amide bonds. The highest BCUT2D eigenvalue weighted by Crippen LogP contribution is 2.39. The van der Waals surface area contributed by atoms with Crippen LogP contribution in [0.1, 0.15) is 53.6 Å². The number of pyridine rings is 1. The van der Waals surface area contributed by atoms with Crippen LogP contribution in [0.25, 0.3) is 5.69 Å². The molecule has 0 unspecified atom stereocenters. The van der Waals surface area contributed by atoms with Crippen LogP contribution in [0.5, 0.6) is 0 Å². The third-order valence-electron chi connectivity index (χ3n) is 5.60. The highest BCUT2D eigenvalue weighted by atomic mass is 32.1. The molecular formula is C24H26N4O2S. The largest absolute Gasteiger partial charge is 0.465 e. The smallest absolute Gasteiger partial charge is 0.337 e. The quantitative estimate of drug-likeness (QED) is 0.438. The number of carbonyl (C=O) groups is 1. The summed E-state index contributed by atoms with van der Waals surface area (Å²) in [7, 11) is 1.39. The molecule has 3 aromatic rings. The van der Waals surface area contributed by atoms with E-state index in [-0.39, 0.29) is 18.1 Å². The summed E-state index contributed by atoms with van der Waals surface area (Å²) in [5.74, 6) is -0.342. The van der Waals surface area contributed by atoms with E-state index in [1.54, 1.807) is 12.1 Å². The van der Waals surface area contributed by atoms with Crippen molar-refractivity contribution in [3.63, 3.8) is 0 Å². The molecular weight excluding hydrogens is 408 g/mol. The molecule has 0 radical (unpaired) electrons. The lowest BCUT2D eigenvalue weighted by molar-refractivity contribution is 0.0600. The van der Waals surface area contributed by atoms with Crippen LogP contribution < -0.4 is 5.32 Å². The van der Waals surface area contributed by atoms with Crippen molar-refractivity contribution in [2.45, 2.75) is 31.8 Å². The topological polar surface area (TPSA) is 59.4 Å². The van der Waals surface area contributed by atoms with E-state index in [2.05, 4.69) is 32.8 Å². The molecule has 2 aromatic heterocycles. The number of carbonyl (C=O) groups excluding carboxylic acids is 1. The Morgan fingerprint density at radius 1 is 1.16 bits per heavy atom. The molecule has 1 aliphatic heterocycles. The van der Waals surface area contributed by atoms with E-state index >= 15 is 0 Å².